The lowest BCUT2D eigenvalue weighted by Gasteiger charge is -2.14. The maximum absolute atomic E-state index is 11.9. The van der Waals surface area contributed by atoms with Crippen LogP contribution in [0.1, 0.15) is 30.9 Å². The summed E-state index contributed by atoms with van der Waals surface area (Å²) in [5, 5.41) is 11.9. The van der Waals surface area contributed by atoms with Gasteiger partial charge >= 0.3 is 0 Å². The van der Waals surface area contributed by atoms with Crippen LogP contribution in [-0.2, 0) is 4.79 Å². The number of thioether (sulfide) groups is 1. The molecule has 0 saturated heterocycles. The van der Waals surface area contributed by atoms with Gasteiger partial charge in [0.1, 0.15) is 0 Å². The van der Waals surface area contributed by atoms with Gasteiger partial charge in [0.2, 0.25) is 5.91 Å². The lowest BCUT2D eigenvalue weighted by Crippen LogP contribution is -2.30. The van der Waals surface area contributed by atoms with E-state index in [0.29, 0.717) is 18.2 Å². The number of hydrogen-bond acceptors (Lipinski definition) is 3. The Morgan fingerprint density at radius 3 is 2.71 bits per heavy atom. The molecule has 0 aromatic heterocycles. The summed E-state index contributed by atoms with van der Waals surface area (Å²) in [5.74, 6) is 0.842. The van der Waals surface area contributed by atoms with E-state index < -0.39 is 0 Å². The van der Waals surface area contributed by atoms with Crippen LogP contribution in [0.25, 0.3) is 0 Å². The maximum atomic E-state index is 11.9. The van der Waals surface area contributed by atoms with E-state index >= 15 is 0 Å². The monoisotopic (exact) mass is 373 g/mol. The number of benzene rings is 1. The molecule has 0 fully saturated rings. The first-order valence-electron chi connectivity index (χ1n) is 7.25. The first kappa shape index (κ1) is 18.5. The van der Waals surface area contributed by atoms with Crippen molar-refractivity contribution in [3.05, 3.63) is 27.7 Å². The molecule has 0 radical (unpaired) electrons. The van der Waals surface area contributed by atoms with E-state index in [0.717, 1.165) is 22.2 Å². The van der Waals surface area contributed by atoms with Gasteiger partial charge in [-0.3, -0.25) is 4.79 Å². The third kappa shape index (κ3) is 6.41. The number of rotatable bonds is 8. The molecule has 0 saturated carbocycles. The van der Waals surface area contributed by atoms with E-state index in [9.17, 15) is 4.79 Å². The van der Waals surface area contributed by atoms with Crippen molar-refractivity contribution in [1.29, 1.82) is 0 Å². The van der Waals surface area contributed by atoms with Crippen molar-refractivity contribution >= 4 is 33.6 Å². The minimum Gasteiger partial charge on any atom is -0.396 e. The second-order valence-electron chi connectivity index (χ2n) is 5.25. The zero-order chi connectivity index (χ0) is 15.8. The Morgan fingerprint density at radius 1 is 1.38 bits per heavy atom. The van der Waals surface area contributed by atoms with E-state index in [1.807, 2.05) is 6.92 Å². The molecule has 1 rings (SSSR count). The summed E-state index contributed by atoms with van der Waals surface area (Å²) in [6, 6.07) is 4.20. The Morgan fingerprint density at radius 2 is 2.10 bits per heavy atom. The van der Waals surface area contributed by atoms with Crippen molar-refractivity contribution in [3.63, 3.8) is 0 Å². The van der Waals surface area contributed by atoms with Crippen LogP contribution in [0.4, 0.5) is 0 Å². The molecule has 1 aromatic rings. The van der Waals surface area contributed by atoms with Gasteiger partial charge in [0, 0.05) is 22.5 Å². The van der Waals surface area contributed by atoms with Gasteiger partial charge in [0.25, 0.3) is 0 Å². The summed E-state index contributed by atoms with van der Waals surface area (Å²) in [5.41, 5.74) is 2.36. The minimum absolute atomic E-state index is 0.0522. The van der Waals surface area contributed by atoms with E-state index in [-0.39, 0.29) is 12.5 Å². The lowest BCUT2D eigenvalue weighted by molar-refractivity contribution is -0.118. The van der Waals surface area contributed by atoms with Gasteiger partial charge in [0.05, 0.1) is 5.75 Å². The van der Waals surface area contributed by atoms with Gasteiger partial charge < -0.3 is 10.4 Å². The normalized spacial score (nSPS) is 12.2. The quantitative estimate of drug-likeness (QED) is 0.683. The van der Waals surface area contributed by atoms with Crippen LogP contribution in [-0.4, -0.2) is 29.9 Å². The Bertz CT molecular complexity index is 480. The van der Waals surface area contributed by atoms with Crippen LogP contribution in [0.2, 0.25) is 0 Å². The van der Waals surface area contributed by atoms with Crippen LogP contribution in [0.5, 0.6) is 0 Å². The van der Waals surface area contributed by atoms with Crippen molar-refractivity contribution in [2.45, 2.75) is 38.5 Å². The van der Waals surface area contributed by atoms with Crippen LogP contribution < -0.4 is 5.32 Å². The van der Waals surface area contributed by atoms with E-state index in [1.54, 1.807) is 11.8 Å². The van der Waals surface area contributed by atoms with E-state index in [4.69, 9.17) is 5.11 Å². The Hall–Kier alpha value is -0.520. The van der Waals surface area contributed by atoms with Crippen molar-refractivity contribution < 1.29 is 9.90 Å². The van der Waals surface area contributed by atoms with Gasteiger partial charge in [-0.25, -0.2) is 0 Å². The number of nitrogens with one attached hydrogen (secondary N) is 1. The molecular formula is C16H24BrNO2S. The molecular weight excluding hydrogens is 350 g/mol. The maximum Gasteiger partial charge on any atom is 0.230 e. The number of aryl methyl sites for hydroxylation is 2. The standard InChI is InChI=1S/C16H24BrNO2S/c1-4-13(5-6-19)9-18-16(20)10-21-15-8-11(2)14(17)7-12(15)3/h7-8,13,19H,4-6,9-10H2,1-3H3,(H,18,20). The van der Waals surface area contributed by atoms with Gasteiger partial charge in [-0.05, 0) is 49.4 Å². The number of aliphatic hydroxyl groups is 1. The average Bonchev–Trinajstić information content (AvgIpc) is 2.45. The van der Waals surface area contributed by atoms with Gasteiger partial charge in [-0.1, -0.05) is 29.3 Å². The molecule has 2 N–H and O–H groups in total. The second-order valence-corrected chi connectivity index (χ2v) is 7.12. The Balaban J connectivity index is 2.44. The highest BCUT2D eigenvalue weighted by Gasteiger charge is 2.10. The summed E-state index contributed by atoms with van der Waals surface area (Å²) in [4.78, 5) is 13.0. The first-order valence-corrected chi connectivity index (χ1v) is 9.02. The highest BCUT2D eigenvalue weighted by atomic mass is 79.9. The molecule has 0 aliphatic heterocycles. The number of halogens is 1. The molecule has 0 bridgehead atoms. The smallest absolute Gasteiger partial charge is 0.230 e. The zero-order valence-electron chi connectivity index (χ0n) is 12.9. The minimum atomic E-state index is 0.0522. The summed E-state index contributed by atoms with van der Waals surface area (Å²) in [6.45, 7) is 7.01. The highest BCUT2D eigenvalue weighted by molar-refractivity contribution is 9.10. The van der Waals surface area contributed by atoms with Crippen molar-refractivity contribution in [2.75, 3.05) is 18.9 Å². The second kappa shape index (κ2) is 9.49. The average molecular weight is 374 g/mol. The summed E-state index contributed by atoms with van der Waals surface area (Å²) in [7, 11) is 0. The Kier molecular flexibility index (Phi) is 8.37. The molecule has 3 nitrogen and oxygen atoms in total. The molecule has 1 aromatic carbocycles. The van der Waals surface area contributed by atoms with Crippen LogP contribution in [0.15, 0.2) is 21.5 Å². The lowest BCUT2D eigenvalue weighted by atomic mass is 10.0. The fourth-order valence-electron chi connectivity index (χ4n) is 2.00. The predicted octanol–water partition coefficient (Wildman–Crippen LogP) is 3.68. The summed E-state index contributed by atoms with van der Waals surface area (Å²) < 4.78 is 1.10. The number of aliphatic hydroxyl groups excluding tert-OH is 1. The zero-order valence-corrected chi connectivity index (χ0v) is 15.3. The molecule has 1 unspecified atom stereocenters. The number of carbonyl (C=O) groups is 1. The summed E-state index contributed by atoms with van der Waals surface area (Å²) in [6.07, 6.45) is 1.72. The summed E-state index contributed by atoms with van der Waals surface area (Å²) >= 11 is 5.08. The molecule has 21 heavy (non-hydrogen) atoms. The van der Waals surface area contributed by atoms with Gasteiger partial charge in [-0.2, -0.15) is 0 Å². The van der Waals surface area contributed by atoms with Gasteiger partial charge in [0.15, 0.2) is 0 Å². The van der Waals surface area contributed by atoms with Crippen LogP contribution in [0.3, 0.4) is 0 Å². The van der Waals surface area contributed by atoms with E-state index in [1.165, 1.54) is 11.1 Å². The Labute approximate surface area is 140 Å². The largest absolute Gasteiger partial charge is 0.396 e. The molecule has 0 aliphatic rings. The molecule has 0 heterocycles. The molecule has 1 atom stereocenters. The number of hydrogen-bond donors (Lipinski definition) is 2. The molecule has 5 heteroatoms. The molecule has 0 spiro atoms. The molecule has 0 aliphatic carbocycles. The highest BCUT2D eigenvalue weighted by Crippen LogP contribution is 2.28. The third-order valence-corrected chi connectivity index (χ3v) is 5.53. The third-order valence-electron chi connectivity index (χ3n) is 3.52. The SMILES string of the molecule is CCC(CCO)CNC(=O)CSc1cc(C)c(Br)cc1C. The van der Waals surface area contributed by atoms with E-state index in [2.05, 4.69) is 47.2 Å². The van der Waals surface area contributed by atoms with Crippen molar-refractivity contribution in [3.8, 4) is 0 Å². The predicted molar refractivity (Wildman–Crippen MR) is 92.8 cm³/mol. The first-order chi connectivity index (χ1) is 9.97. The number of amides is 1. The topological polar surface area (TPSA) is 49.3 Å². The fourth-order valence-corrected chi connectivity index (χ4v) is 3.39. The van der Waals surface area contributed by atoms with Crippen molar-refractivity contribution in [1.82, 2.24) is 5.32 Å². The van der Waals surface area contributed by atoms with Crippen molar-refractivity contribution in [2.24, 2.45) is 5.92 Å². The van der Waals surface area contributed by atoms with Crippen LogP contribution >= 0.6 is 27.7 Å². The number of carbonyl (C=O) groups excluding carboxylic acids is 1. The molecule has 118 valence electrons. The van der Waals surface area contributed by atoms with Gasteiger partial charge in [-0.15, -0.1) is 11.8 Å². The van der Waals surface area contributed by atoms with Crippen LogP contribution in [0, 0.1) is 19.8 Å². The fraction of sp³-hybridized carbons (Fsp3) is 0.562. The molecule has 1 amide bonds.